The zero-order valence-corrected chi connectivity index (χ0v) is 13.2. The molecule has 0 radical (unpaired) electrons. The van der Waals surface area contributed by atoms with Crippen LogP contribution in [-0.4, -0.2) is 60.5 Å². The standard InChI is InChI=1S/C17H23N3O3/c18-12-13-3-5-14(6-4-13)16(21)19-7-9-20(10-8-19)17(22)15-2-1-11-23-15/h3-6,15H,1-2,7-12,18H2. The summed E-state index contributed by atoms with van der Waals surface area (Å²) in [4.78, 5) is 28.4. The Labute approximate surface area is 136 Å². The zero-order valence-electron chi connectivity index (χ0n) is 13.2. The molecule has 2 N–H and O–H groups in total. The average molecular weight is 317 g/mol. The monoisotopic (exact) mass is 317 g/mol. The van der Waals surface area contributed by atoms with Gasteiger partial charge in [0, 0.05) is 44.9 Å². The number of hydrogen-bond donors (Lipinski definition) is 1. The van der Waals surface area contributed by atoms with E-state index in [-0.39, 0.29) is 17.9 Å². The Kier molecular flexibility index (Phi) is 4.93. The molecule has 2 aliphatic rings. The number of ether oxygens (including phenoxy) is 1. The Morgan fingerprint density at radius 3 is 2.30 bits per heavy atom. The van der Waals surface area contributed by atoms with Crippen molar-refractivity contribution in [3.05, 3.63) is 35.4 Å². The van der Waals surface area contributed by atoms with Crippen molar-refractivity contribution in [2.24, 2.45) is 5.73 Å². The molecule has 2 amide bonds. The van der Waals surface area contributed by atoms with Gasteiger partial charge >= 0.3 is 0 Å². The first-order chi connectivity index (χ1) is 11.2. The molecule has 0 aromatic heterocycles. The quantitative estimate of drug-likeness (QED) is 0.886. The molecule has 0 bridgehead atoms. The SMILES string of the molecule is NCc1ccc(C(=O)N2CCN(C(=O)C3CCCO3)CC2)cc1. The van der Waals surface area contributed by atoms with Gasteiger partial charge in [0.2, 0.25) is 0 Å². The van der Waals surface area contributed by atoms with Crippen molar-refractivity contribution < 1.29 is 14.3 Å². The number of piperazine rings is 1. The van der Waals surface area contributed by atoms with Crippen molar-refractivity contribution in [2.45, 2.75) is 25.5 Å². The zero-order chi connectivity index (χ0) is 16.2. The van der Waals surface area contributed by atoms with Crippen LogP contribution in [-0.2, 0) is 16.1 Å². The molecule has 1 aromatic carbocycles. The molecule has 3 rings (SSSR count). The van der Waals surface area contributed by atoms with Crippen LogP contribution in [0.5, 0.6) is 0 Å². The fourth-order valence-corrected chi connectivity index (χ4v) is 3.07. The van der Waals surface area contributed by atoms with E-state index in [4.69, 9.17) is 10.5 Å². The maximum Gasteiger partial charge on any atom is 0.253 e. The second kappa shape index (κ2) is 7.10. The molecule has 0 saturated carbocycles. The first kappa shape index (κ1) is 16.0. The summed E-state index contributed by atoms with van der Waals surface area (Å²) in [5, 5.41) is 0. The Bertz CT molecular complexity index is 559. The number of benzene rings is 1. The van der Waals surface area contributed by atoms with E-state index in [1.807, 2.05) is 29.2 Å². The van der Waals surface area contributed by atoms with E-state index in [2.05, 4.69) is 0 Å². The maximum absolute atomic E-state index is 12.5. The van der Waals surface area contributed by atoms with Gasteiger partial charge < -0.3 is 20.3 Å². The van der Waals surface area contributed by atoms with Gasteiger partial charge in [0.1, 0.15) is 6.10 Å². The summed E-state index contributed by atoms with van der Waals surface area (Å²) < 4.78 is 5.45. The number of hydrogen-bond acceptors (Lipinski definition) is 4. The van der Waals surface area contributed by atoms with Gasteiger partial charge in [-0.3, -0.25) is 9.59 Å². The minimum atomic E-state index is -0.277. The van der Waals surface area contributed by atoms with Crippen LogP contribution in [0.15, 0.2) is 24.3 Å². The van der Waals surface area contributed by atoms with Crippen LogP contribution in [0.3, 0.4) is 0 Å². The molecule has 1 aromatic rings. The molecule has 2 heterocycles. The summed E-state index contributed by atoms with van der Waals surface area (Å²) in [6.07, 6.45) is 1.49. The fraction of sp³-hybridized carbons (Fsp3) is 0.529. The minimum Gasteiger partial charge on any atom is -0.368 e. The number of carbonyl (C=O) groups excluding carboxylic acids is 2. The van der Waals surface area contributed by atoms with E-state index in [1.165, 1.54) is 0 Å². The van der Waals surface area contributed by atoms with Gasteiger partial charge in [-0.25, -0.2) is 0 Å². The Hall–Kier alpha value is -1.92. The van der Waals surface area contributed by atoms with Gasteiger partial charge in [0.15, 0.2) is 0 Å². The lowest BCUT2D eigenvalue weighted by Gasteiger charge is -2.35. The molecule has 23 heavy (non-hydrogen) atoms. The number of carbonyl (C=O) groups is 2. The van der Waals surface area contributed by atoms with Crippen molar-refractivity contribution in [3.63, 3.8) is 0 Å². The number of amides is 2. The highest BCUT2D eigenvalue weighted by molar-refractivity contribution is 5.94. The molecular formula is C17H23N3O3. The Morgan fingerprint density at radius 1 is 1.09 bits per heavy atom. The molecule has 6 heteroatoms. The summed E-state index contributed by atoms with van der Waals surface area (Å²) >= 11 is 0. The third kappa shape index (κ3) is 3.54. The number of rotatable bonds is 3. The highest BCUT2D eigenvalue weighted by Crippen LogP contribution is 2.17. The lowest BCUT2D eigenvalue weighted by Crippen LogP contribution is -2.52. The highest BCUT2D eigenvalue weighted by atomic mass is 16.5. The fourth-order valence-electron chi connectivity index (χ4n) is 3.07. The van der Waals surface area contributed by atoms with Crippen LogP contribution in [0.1, 0.15) is 28.8 Å². The van der Waals surface area contributed by atoms with E-state index >= 15 is 0 Å². The van der Waals surface area contributed by atoms with E-state index in [0.29, 0.717) is 44.9 Å². The highest BCUT2D eigenvalue weighted by Gasteiger charge is 2.31. The minimum absolute atomic E-state index is 0.0118. The second-order valence-corrected chi connectivity index (χ2v) is 6.02. The molecule has 124 valence electrons. The molecule has 6 nitrogen and oxygen atoms in total. The van der Waals surface area contributed by atoms with Gasteiger partial charge in [0.05, 0.1) is 0 Å². The lowest BCUT2D eigenvalue weighted by molar-refractivity contribution is -0.142. The van der Waals surface area contributed by atoms with Crippen LogP contribution < -0.4 is 5.73 Å². The Balaban J connectivity index is 1.55. The third-order valence-electron chi connectivity index (χ3n) is 4.52. The third-order valence-corrected chi connectivity index (χ3v) is 4.52. The summed E-state index contributed by atoms with van der Waals surface area (Å²) in [6, 6.07) is 7.39. The predicted octanol–water partition coefficient (Wildman–Crippen LogP) is 0.609. The molecule has 1 atom stereocenters. The van der Waals surface area contributed by atoms with E-state index in [0.717, 1.165) is 18.4 Å². The maximum atomic E-state index is 12.5. The predicted molar refractivity (Wildman–Crippen MR) is 85.8 cm³/mol. The number of nitrogens with zero attached hydrogens (tertiary/aromatic N) is 2. The summed E-state index contributed by atoms with van der Waals surface area (Å²) in [5.74, 6) is 0.0830. The van der Waals surface area contributed by atoms with Crippen molar-refractivity contribution in [2.75, 3.05) is 32.8 Å². The smallest absolute Gasteiger partial charge is 0.253 e. The molecule has 2 aliphatic heterocycles. The summed E-state index contributed by atoms with van der Waals surface area (Å²) in [6.45, 7) is 3.43. The van der Waals surface area contributed by atoms with Crippen LogP contribution in [0.4, 0.5) is 0 Å². The first-order valence-electron chi connectivity index (χ1n) is 8.17. The largest absolute Gasteiger partial charge is 0.368 e. The van der Waals surface area contributed by atoms with Gasteiger partial charge in [-0.1, -0.05) is 12.1 Å². The van der Waals surface area contributed by atoms with Crippen LogP contribution >= 0.6 is 0 Å². The van der Waals surface area contributed by atoms with E-state index in [1.54, 1.807) is 4.90 Å². The van der Waals surface area contributed by atoms with Crippen LogP contribution in [0.25, 0.3) is 0 Å². The molecule has 2 fully saturated rings. The Morgan fingerprint density at radius 2 is 1.74 bits per heavy atom. The summed E-state index contributed by atoms with van der Waals surface area (Å²) in [7, 11) is 0. The topological polar surface area (TPSA) is 75.9 Å². The van der Waals surface area contributed by atoms with Gasteiger partial charge in [-0.2, -0.15) is 0 Å². The van der Waals surface area contributed by atoms with Crippen molar-refractivity contribution in [1.82, 2.24) is 9.80 Å². The van der Waals surface area contributed by atoms with Gasteiger partial charge in [0.25, 0.3) is 11.8 Å². The van der Waals surface area contributed by atoms with E-state index in [9.17, 15) is 9.59 Å². The normalized spacial score (nSPS) is 21.5. The second-order valence-electron chi connectivity index (χ2n) is 6.02. The number of nitrogens with two attached hydrogens (primary N) is 1. The molecule has 2 saturated heterocycles. The van der Waals surface area contributed by atoms with E-state index < -0.39 is 0 Å². The van der Waals surface area contributed by atoms with Crippen LogP contribution in [0.2, 0.25) is 0 Å². The lowest BCUT2D eigenvalue weighted by atomic mass is 10.1. The first-order valence-corrected chi connectivity index (χ1v) is 8.17. The summed E-state index contributed by atoms with van der Waals surface area (Å²) in [5.41, 5.74) is 7.25. The molecule has 1 unspecified atom stereocenters. The van der Waals surface area contributed by atoms with Crippen molar-refractivity contribution in [1.29, 1.82) is 0 Å². The molecule has 0 spiro atoms. The van der Waals surface area contributed by atoms with Crippen molar-refractivity contribution in [3.8, 4) is 0 Å². The van der Waals surface area contributed by atoms with Gasteiger partial charge in [-0.15, -0.1) is 0 Å². The van der Waals surface area contributed by atoms with Crippen molar-refractivity contribution >= 4 is 11.8 Å². The van der Waals surface area contributed by atoms with Gasteiger partial charge in [-0.05, 0) is 30.5 Å². The molecule has 0 aliphatic carbocycles. The average Bonchev–Trinajstić information content (AvgIpc) is 3.15. The molecular weight excluding hydrogens is 294 g/mol. The van der Waals surface area contributed by atoms with Crippen LogP contribution in [0, 0.1) is 0 Å².